The largest absolute Gasteiger partial charge is 0.385 e. The van der Waals surface area contributed by atoms with Gasteiger partial charge in [-0.15, -0.1) is 0 Å². The number of rotatable bonds is 10. The fraction of sp³-hybridized carbons (Fsp3) is 0.300. The molecule has 1 aliphatic carbocycles. The molecule has 0 aromatic heterocycles. The van der Waals surface area contributed by atoms with Gasteiger partial charge in [-0.05, 0) is 53.6 Å². The Labute approximate surface area is 211 Å². The van der Waals surface area contributed by atoms with Crippen LogP contribution >= 0.6 is 0 Å². The normalized spacial score (nSPS) is 13.7. The molecule has 0 saturated heterocycles. The lowest BCUT2D eigenvalue weighted by Gasteiger charge is -2.32. The summed E-state index contributed by atoms with van der Waals surface area (Å²) in [6.07, 6.45) is 1.50. The molecule has 0 spiro atoms. The second-order valence-corrected chi connectivity index (χ2v) is 9.04. The van der Waals surface area contributed by atoms with Crippen LogP contribution in [-0.4, -0.2) is 44.9 Å². The highest BCUT2D eigenvalue weighted by Gasteiger charge is 2.43. The first-order valence-corrected chi connectivity index (χ1v) is 12.0. The Morgan fingerprint density at radius 1 is 0.833 bits per heavy atom. The van der Waals surface area contributed by atoms with Crippen LogP contribution in [0.3, 0.4) is 0 Å². The Hall–Kier alpha value is -3.61. The minimum absolute atomic E-state index is 0.0955. The topological polar surface area (TPSA) is 74.2 Å². The average Bonchev–Trinajstić information content (AvgIpc) is 3.16. The number of oxime groups is 1. The third kappa shape index (κ3) is 4.74. The summed E-state index contributed by atoms with van der Waals surface area (Å²) in [6, 6.07) is 21.6. The van der Waals surface area contributed by atoms with Crippen molar-refractivity contribution in [3.8, 4) is 11.1 Å². The Morgan fingerprint density at radius 2 is 1.47 bits per heavy atom. The van der Waals surface area contributed by atoms with Gasteiger partial charge in [0.15, 0.2) is 5.71 Å². The number of benzene rings is 3. The zero-order valence-corrected chi connectivity index (χ0v) is 21.2. The second-order valence-electron chi connectivity index (χ2n) is 9.04. The number of aryl methyl sites for hydroxylation is 1. The van der Waals surface area contributed by atoms with Crippen molar-refractivity contribution in [2.75, 3.05) is 27.4 Å². The number of ketones is 1. The molecule has 0 aliphatic heterocycles. The van der Waals surface area contributed by atoms with Crippen LogP contribution < -0.4 is 0 Å². The summed E-state index contributed by atoms with van der Waals surface area (Å²) in [4.78, 5) is 30.3. The molecule has 0 heterocycles. The lowest BCUT2D eigenvalue weighted by atomic mass is 9.72. The molecule has 0 fully saturated rings. The van der Waals surface area contributed by atoms with Crippen LogP contribution in [0.2, 0.25) is 0 Å². The van der Waals surface area contributed by atoms with Crippen molar-refractivity contribution >= 4 is 17.5 Å². The predicted molar refractivity (Wildman–Crippen MR) is 139 cm³/mol. The number of nitrogens with zero attached hydrogens (tertiary/aromatic N) is 1. The lowest BCUT2D eigenvalue weighted by Crippen LogP contribution is -2.29. The van der Waals surface area contributed by atoms with E-state index in [1.807, 2.05) is 55.5 Å². The van der Waals surface area contributed by atoms with E-state index < -0.39 is 5.97 Å². The van der Waals surface area contributed by atoms with E-state index in [0.717, 1.165) is 35.1 Å². The van der Waals surface area contributed by atoms with Crippen molar-refractivity contribution in [2.24, 2.45) is 5.16 Å². The third-order valence-electron chi connectivity index (χ3n) is 6.88. The van der Waals surface area contributed by atoms with Crippen LogP contribution in [0.25, 0.3) is 11.1 Å². The molecule has 3 aromatic rings. The van der Waals surface area contributed by atoms with Crippen molar-refractivity contribution in [2.45, 2.75) is 32.1 Å². The summed E-state index contributed by atoms with van der Waals surface area (Å²) in [5.74, 6) is -0.895. The van der Waals surface area contributed by atoms with Crippen molar-refractivity contribution in [1.82, 2.24) is 0 Å². The molecule has 3 aromatic carbocycles. The summed E-state index contributed by atoms with van der Waals surface area (Å²) in [7, 11) is 3.40. The second kappa shape index (κ2) is 11.0. The van der Waals surface area contributed by atoms with Crippen molar-refractivity contribution in [1.29, 1.82) is 0 Å². The van der Waals surface area contributed by atoms with Gasteiger partial charge >= 0.3 is 5.97 Å². The molecule has 0 atom stereocenters. The van der Waals surface area contributed by atoms with Crippen LogP contribution in [0.15, 0.2) is 71.9 Å². The molecular weight excluding hydrogens is 454 g/mol. The van der Waals surface area contributed by atoms with E-state index >= 15 is 0 Å². The summed E-state index contributed by atoms with van der Waals surface area (Å²) >= 11 is 0. The van der Waals surface area contributed by atoms with E-state index in [1.165, 1.54) is 12.5 Å². The minimum atomic E-state index is -0.587. The summed E-state index contributed by atoms with van der Waals surface area (Å²) in [5, 5.41) is 3.98. The van der Waals surface area contributed by atoms with Gasteiger partial charge in [0.2, 0.25) is 5.78 Å². The highest BCUT2D eigenvalue weighted by atomic mass is 16.7. The molecule has 36 heavy (non-hydrogen) atoms. The molecule has 6 heteroatoms. The van der Waals surface area contributed by atoms with Crippen molar-refractivity contribution < 1.29 is 23.9 Å². The Bertz CT molecular complexity index is 1300. The summed E-state index contributed by atoms with van der Waals surface area (Å²) in [5.41, 5.74) is 6.25. The molecule has 0 unspecified atom stereocenters. The van der Waals surface area contributed by atoms with E-state index in [0.29, 0.717) is 24.3 Å². The van der Waals surface area contributed by atoms with Crippen molar-refractivity contribution in [3.63, 3.8) is 0 Å². The molecule has 4 rings (SSSR count). The Balaban J connectivity index is 1.86. The van der Waals surface area contributed by atoms with Crippen LogP contribution in [-0.2, 0) is 24.5 Å². The van der Waals surface area contributed by atoms with E-state index in [9.17, 15) is 9.59 Å². The predicted octanol–water partition coefficient (Wildman–Crippen LogP) is 5.48. The molecule has 0 radical (unpaired) electrons. The smallest absolute Gasteiger partial charge is 0.332 e. The highest BCUT2D eigenvalue weighted by Crippen LogP contribution is 2.53. The monoisotopic (exact) mass is 485 g/mol. The van der Waals surface area contributed by atoms with Gasteiger partial charge in [-0.2, -0.15) is 0 Å². The zero-order valence-electron chi connectivity index (χ0n) is 21.2. The zero-order chi connectivity index (χ0) is 25.7. The molecule has 1 aliphatic rings. The standard InChI is InChI=1S/C30H31NO5/c1-20-9-5-6-10-23(20)28(31-36-21(2)32)29(33)22-13-14-25-24-11-7-8-12-26(24)30(15-17-34-3,16-18-35-4)27(25)19-22/h5-14,19H,15-18H2,1-4H3/b31-28+. The van der Waals surface area contributed by atoms with Gasteiger partial charge in [-0.1, -0.05) is 65.8 Å². The fourth-order valence-electron chi connectivity index (χ4n) is 5.11. The molecule has 0 amide bonds. The first-order valence-electron chi connectivity index (χ1n) is 12.0. The third-order valence-corrected chi connectivity index (χ3v) is 6.88. The maximum Gasteiger partial charge on any atom is 0.332 e. The number of fused-ring (bicyclic) bond motifs is 3. The number of carbonyl (C=O) groups is 2. The van der Waals surface area contributed by atoms with Crippen LogP contribution in [0.1, 0.15) is 52.4 Å². The summed E-state index contributed by atoms with van der Waals surface area (Å²) < 4.78 is 11.0. The summed E-state index contributed by atoms with van der Waals surface area (Å²) in [6.45, 7) is 4.29. The minimum Gasteiger partial charge on any atom is -0.385 e. The van der Waals surface area contributed by atoms with Crippen LogP contribution in [0.5, 0.6) is 0 Å². The van der Waals surface area contributed by atoms with Gasteiger partial charge in [0.25, 0.3) is 0 Å². The van der Waals surface area contributed by atoms with Gasteiger partial charge in [0.1, 0.15) is 0 Å². The molecule has 0 N–H and O–H groups in total. The van der Waals surface area contributed by atoms with Crippen LogP contribution in [0.4, 0.5) is 0 Å². The maximum atomic E-state index is 13.9. The molecule has 6 nitrogen and oxygen atoms in total. The molecule has 0 bridgehead atoms. The van der Waals surface area contributed by atoms with Gasteiger partial charge in [0, 0.05) is 50.9 Å². The SMILES string of the molecule is COCCC1(CCOC)c2ccccc2-c2ccc(C(=O)/C(=N/OC(C)=O)c3ccccc3C)cc21. The molecular formula is C30H31NO5. The maximum absolute atomic E-state index is 13.9. The van der Waals surface area contributed by atoms with Gasteiger partial charge in [0.05, 0.1) is 0 Å². The van der Waals surface area contributed by atoms with E-state index in [1.54, 1.807) is 20.3 Å². The first kappa shape index (κ1) is 25.5. The number of ether oxygens (including phenoxy) is 2. The van der Waals surface area contributed by atoms with Gasteiger partial charge < -0.3 is 14.3 Å². The highest BCUT2D eigenvalue weighted by molar-refractivity contribution is 6.51. The molecule has 0 saturated carbocycles. The van der Waals surface area contributed by atoms with Crippen molar-refractivity contribution in [3.05, 3.63) is 94.5 Å². The first-order chi connectivity index (χ1) is 17.4. The number of hydrogen-bond acceptors (Lipinski definition) is 6. The van der Waals surface area contributed by atoms with Crippen LogP contribution in [0, 0.1) is 6.92 Å². The van der Waals surface area contributed by atoms with E-state index in [-0.39, 0.29) is 16.9 Å². The quantitative estimate of drug-likeness (QED) is 0.164. The molecule has 186 valence electrons. The number of methoxy groups -OCH3 is 2. The number of hydrogen-bond donors (Lipinski definition) is 0. The number of carbonyl (C=O) groups excluding carboxylic acids is 2. The van der Waals surface area contributed by atoms with Gasteiger partial charge in [-0.25, -0.2) is 4.79 Å². The Morgan fingerprint density at radius 3 is 2.14 bits per heavy atom. The lowest BCUT2D eigenvalue weighted by molar-refractivity contribution is -0.140. The van der Waals surface area contributed by atoms with E-state index in [2.05, 4.69) is 17.3 Å². The van der Waals surface area contributed by atoms with E-state index in [4.69, 9.17) is 14.3 Å². The fourth-order valence-corrected chi connectivity index (χ4v) is 5.11. The Kier molecular flexibility index (Phi) is 7.77. The average molecular weight is 486 g/mol. The van der Waals surface area contributed by atoms with Gasteiger partial charge in [-0.3, -0.25) is 4.79 Å². The number of Topliss-reactive ketones (excluding diaryl/α,β-unsaturated/α-hetero) is 1.